The molecule has 6 nitrogen and oxygen atoms in total. The maximum Gasteiger partial charge on any atom is 0.392 e. The zero-order valence-corrected chi connectivity index (χ0v) is 23.1. The Balaban J connectivity index is 2.95. The van der Waals surface area contributed by atoms with Crippen molar-refractivity contribution in [3.05, 3.63) is 64.7 Å². The summed E-state index contributed by atoms with van der Waals surface area (Å²) in [6, 6.07) is 0. The number of aromatic nitrogens is 1. The number of amides is 2. The van der Waals surface area contributed by atoms with Crippen molar-refractivity contribution < 1.29 is 22.8 Å². The van der Waals surface area contributed by atoms with Crippen LogP contribution in [0.4, 0.5) is 13.2 Å². The van der Waals surface area contributed by atoms with Gasteiger partial charge in [0, 0.05) is 41.6 Å². The van der Waals surface area contributed by atoms with E-state index in [-0.39, 0.29) is 11.8 Å². The molecule has 0 bridgehead atoms. The van der Waals surface area contributed by atoms with Crippen molar-refractivity contribution in [3.63, 3.8) is 0 Å². The Morgan fingerprint density at radius 1 is 1.08 bits per heavy atom. The van der Waals surface area contributed by atoms with Gasteiger partial charge in [0.25, 0.3) is 11.8 Å². The van der Waals surface area contributed by atoms with Crippen LogP contribution in [0.1, 0.15) is 54.5 Å². The summed E-state index contributed by atoms with van der Waals surface area (Å²) in [5.41, 5.74) is 3.05. The number of allylic oxidation sites excluding steroid dienone is 2. The lowest BCUT2D eigenvalue weighted by Gasteiger charge is -2.18. The Kier molecular flexibility index (Phi) is 14.8. The van der Waals surface area contributed by atoms with Crippen LogP contribution in [-0.4, -0.2) is 65.6 Å². The molecule has 1 rings (SSSR count). The number of alkyl halides is 3. The molecule has 37 heavy (non-hydrogen) atoms. The quantitative estimate of drug-likeness (QED) is 0.118. The molecular formula is C27H39F3N4O2S. The minimum atomic E-state index is -4.19. The molecule has 1 heterocycles. The molecule has 206 valence electrons. The van der Waals surface area contributed by atoms with Crippen molar-refractivity contribution in [3.8, 4) is 0 Å². The van der Waals surface area contributed by atoms with E-state index < -0.39 is 12.6 Å². The topological polar surface area (TPSA) is 77.2 Å². The van der Waals surface area contributed by atoms with Gasteiger partial charge in [-0.15, -0.1) is 0 Å². The van der Waals surface area contributed by atoms with Gasteiger partial charge in [0.15, 0.2) is 0 Å². The van der Waals surface area contributed by atoms with Crippen LogP contribution in [0.25, 0.3) is 6.08 Å². The number of aryl methyl sites for hydroxylation is 1. The number of hydrogen-bond donors (Lipinski definition) is 3. The molecule has 0 spiro atoms. The molecular weight excluding hydrogens is 501 g/mol. The summed E-state index contributed by atoms with van der Waals surface area (Å²) < 4.78 is 36.5. The second-order valence-corrected chi connectivity index (χ2v) is 9.33. The fourth-order valence-electron chi connectivity index (χ4n) is 3.47. The molecule has 0 aliphatic rings. The lowest BCUT2D eigenvalue weighted by atomic mass is 10.1. The normalized spacial score (nSPS) is 12.9. The molecule has 3 N–H and O–H groups in total. The van der Waals surface area contributed by atoms with Crippen LogP contribution in [-0.2, 0) is 4.79 Å². The van der Waals surface area contributed by atoms with Gasteiger partial charge in [0.1, 0.15) is 0 Å². The number of nitrogens with one attached hydrogen (secondary N) is 3. The van der Waals surface area contributed by atoms with Gasteiger partial charge in [0.2, 0.25) is 0 Å². The molecule has 10 heteroatoms. The standard InChI is InChI=1S/C27H39F3N4O2S/c1-6-14-31-25(35)22(12-11-18-37-17-10-9-13-27(28,29)30)19-23-20(4)24(21(5)33-23)26(36)32-15-16-34(7-2)8-3/h6,9-12,14,19,33H,7-8,13,15-18H2,1-5H3,(H,31,35)(H,32,36)/b10-9+,12-11+,14-6+,22-19-. The molecule has 0 aromatic carbocycles. The second kappa shape index (κ2) is 16.9. The van der Waals surface area contributed by atoms with Crippen molar-refractivity contribution in [2.75, 3.05) is 37.7 Å². The number of aromatic amines is 1. The van der Waals surface area contributed by atoms with Crippen molar-refractivity contribution >= 4 is 29.7 Å². The summed E-state index contributed by atoms with van der Waals surface area (Å²) in [4.78, 5) is 31.0. The number of hydrogen-bond acceptors (Lipinski definition) is 4. The molecule has 0 fully saturated rings. The van der Waals surface area contributed by atoms with E-state index in [9.17, 15) is 22.8 Å². The summed E-state index contributed by atoms with van der Waals surface area (Å²) in [7, 11) is 0. The zero-order valence-electron chi connectivity index (χ0n) is 22.3. The highest BCUT2D eigenvalue weighted by molar-refractivity contribution is 7.99. The maximum atomic E-state index is 12.8. The van der Waals surface area contributed by atoms with Crippen LogP contribution in [0, 0.1) is 13.8 Å². The van der Waals surface area contributed by atoms with Crippen LogP contribution >= 0.6 is 11.8 Å². The fourth-order valence-corrected chi connectivity index (χ4v) is 4.11. The Hall–Kier alpha value is -2.72. The highest BCUT2D eigenvalue weighted by Gasteiger charge is 2.24. The summed E-state index contributed by atoms with van der Waals surface area (Å²) in [5, 5.41) is 5.66. The van der Waals surface area contributed by atoms with Crippen LogP contribution in [0.3, 0.4) is 0 Å². The fraction of sp³-hybridized carbons (Fsp3) is 0.481. The number of thioether (sulfide) groups is 1. The molecule has 1 aromatic rings. The first kappa shape index (κ1) is 32.3. The minimum absolute atomic E-state index is 0.163. The number of rotatable bonds is 15. The molecule has 0 atom stereocenters. The van der Waals surface area contributed by atoms with E-state index in [0.717, 1.165) is 31.3 Å². The molecule has 0 unspecified atom stereocenters. The van der Waals surface area contributed by atoms with Gasteiger partial charge in [0.05, 0.1) is 12.0 Å². The molecule has 2 amide bonds. The summed E-state index contributed by atoms with van der Waals surface area (Å²) >= 11 is 1.43. The van der Waals surface area contributed by atoms with E-state index in [2.05, 4.69) is 34.4 Å². The number of carbonyl (C=O) groups excluding carboxylic acids is 2. The van der Waals surface area contributed by atoms with Crippen LogP contribution in [0.5, 0.6) is 0 Å². The molecule has 0 aliphatic carbocycles. The first-order chi connectivity index (χ1) is 17.5. The van der Waals surface area contributed by atoms with Gasteiger partial charge in [-0.1, -0.05) is 44.2 Å². The molecule has 0 aliphatic heterocycles. The molecule has 0 radical (unpaired) electrons. The van der Waals surface area contributed by atoms with Crippen molar-refractivity contribution in [2.24, 2.45) is 0 Å². The number of halogens is 3. The Morgan fingerprint density at radius 2 is 1.76 bits per heavy atom. The third-order valence-corrected chi connectivity index (χ3v) is 6.35. The molecule has 0 saturated carbocycles. The Bertz CT molecular complexity index is 991. The van der Waals surface area contributed by atoms with Gasteiger partial charge in [-0.2, -0.15) is 24.9 Å². The van der Waals surface area contributed by atoms with Crippen molar-refractivity contribution in [1.29, 1.82) is 0 Å². The zero-order chi connectivity index (χ0) is 27.8. The first-order valence-electron chi connectivity index (χ1n) is 12.3. The van der Waals surface area contributed by atoms with Gasteiger partial charge in [-0.3, -0.25) is 9.59 Å². The minimum Gasteiger partial charge on any atom is -0.358 e. The number of nitrogens with zero attached hydrogens (tertiary/aromatic N) is 1. The Morgan fingerprint density at radius 3 is 2.38 bits per heavy atom. The van der Waals surface area contributed by atoms with Crippen molar-refractivity contribution in [1.82, 2.24) is 20.5 Å². The molecule has 0 saturated heterocycles. The van der Waals surface area contributed by atoms with Gasteiger partial charge in [-0.25, -0.2) is 0 Å². The predicted molar refractivity (Wildman–Crippen MR) is 148 cm³/mol. The summed E-state index contributed by atoms with van der Waals surface area (Å²) in [6.45, 7) is 12.7. The molecule has 1 aromatic heterocycles. The van der Waals surface area contributed by atoms with Gasteiger partial charge >= 0.3 is 6.18 Å². The summed E-state index contributed by atoms with van der Waals surface area (Å²) in [5.74, 6) is 0.476. The second-order valence-electron chi connectivity index (χ2n) is 8.25. The van der Waals surface area contributed by atoms with Crippen molar-refractivity contribution in [2.45, 2.75) is 47.2 Å². The highest BCUT2D eigenvalue weighted by atomic mass is 32.2. The Labute approximate surface area is 222 Å². The average Bonchev–Trinajstić information content (AvgIpc) is 3.12. The third-order valence-electron chi connectivity index (χ3n) is 5.50. The van der Waals surface area contributed by atoms with E-state index in [0.29, 0.717) is 40.6 Å². The highest BCUT2D eigenvalue weighted by Crippen LogP contribution is 2.21. The lowest BCUT2D eigenvalue weighted by molar-refractivity contribution is -0.125. The maximum absolute atomic E-state index is 12.8. The monoisotopic (exact) mass is 540 g/mol. The third kappa shape index (κ3) is 12.4. The van der Waals surface area contributed by atoms with E-state index in [1.807, 2.05) is 13.8 Å². The van der Waals surface area contributed by atoms with Gasteiger partial charge in [-0.05, 0) is 51.7 Å². The van der Waals surface area contributed by atoms with Crippen LogP contribution in [0.15, 0.2) is 42.2 Å². The van der Waals surface area contributed by atoms with Crippen LogP contribution < -0.4 is 10.6 Å². The lowest BCUT2D eigenvalue weighted by Crippen LogP contribution is -2.35. The van der Waals surface area contributed by atoms with Gasteiger partial charge < -0.3 is 20.5 Å². The SMILES string of the molecule is C/C=C/NC(=O)C(=C\c1[nH]c(C)c(C(=O)NCCN(CC)CC)c1C)/C=C/CSC/C=C/CC(F)(F)F. The van der Waals surface area contributed by atoms with Crippen LogP contribution in [0.2, 0.25) is 0 Å². The van der Waals surface area contributed by atoms with E-state index in [4.69, 9.17) is 0 Å². The predicted octanol–water partition coefficient (Wildman–Crippen LogP) is 5.53. The van der Waals surface area contributed by atoms with E-state index in [1.165, 1.54) is 24.0 Å². The smallest absolute Gasteiger partial charge is 0.358 e. The average molecular weight is 541 g/mol. The summed E-state index contributed by atoms with van der Waals surface area (Å²) in [6.07, 6.45) is 5.85. The largest absolute Gasteiger partial charge is 0.392 e. The van der Waals surface area contributed by atoms with E-state index >= 15 is 0 Å². The number of likely N-dealkylation sites (N-methyl/N-ethyl adjacent to an activating group) is 1. The first-order valence-corrected chi connectivity index (χ1v) is 13.5. The van der Waals surface area contributed by atoms with E-state index in [1.54, 1.807) is 31.2 Å². The number of H-pyrrole nitrogens is 1. The number of carbonyl (C=O) groups is 2.